The third-order valence-electron chi connectivity index (χ3n) is 9.72. The highest BCUT2D eigenvalue weighted by Gasteiger charge is 2.39. The van der Waals surface area contributed by atoms with Crippen molar-refractivity contribution >= 4 is 50.3 Å². The van der Waals surface area contributed by atoms with Crippen LogP contribution in [0, 0.1) is 20.2 Å². The molecule has 0 saturated carbocycles. The van der Waals surface area contributed by atoms with Crippen LogP contribution in [-0.2, 0) is 63.3 Å². The Morgan fingerprint density at radius 3 is 1.49 bits per heavy atom. The zero-order valence-corrected chi connectivity index (χ0v) is 41.8. The second kappa shape index (κ2) is 38.5. The van der Waals surface area contributed by atoms with Gasteiger partial charge in [-0.05, 0) is 132 Å². The number of pyridine rings is 3. The maximum absolute atomic E-state index is 11.2. The Kier molecular flexibility index (Phi) is 33.8. The molecule has 75 heavy (non-hydrogen) atoms. The summed E-state index contributed by atoms with van der Waals surface area (Å²) in [6.07, 6.45) is 16.3. The number of nitrogens with one attached hydrogen (secondary N) is 1. The number of aldehydes is 2. The molecule has 0 bridgehead atoms. The number of rotatable bonds is 26. The number of nitro groups is 2. The van der Waals surface area contributed by atoms with E-state index in [1.54, 1.807) is 61.6 Å². The minimum absolute atomic E-state index is 0. The first-order chi connectivity index (χ1) is 35.4. The monoisotopic (exact) mass is 1080 g/mol. The van der Waals surface area contributed by atoms with E-state index in [4.69, 9.17) is 23.1 Å². The fourth-order valence-corrected chi connectivity index (χ4v) is 9.22. The maximum atomic E-state index is 11.2. The van der Waals surface area contributed by atoms with E-state index in [-0.39, 0.29) is 31.2 Å². The van der Waals surface area contributed by atoms with Crippen LogP contribution in [0.15, 0.2) is 139 Å². The quantitative estimate of drug-likeness (QED) is 0.00665. The number of nitro benzene ring substituents is 2. The van der Waals surface area contributed by atoms with E-state index in [1.165, 1.54) is 29.4 Å². The molecule has 0 aliphatic heterocycles. The van der Waals surface area contributed by atoms with Crippen molar-refractivity contribution in [3.8, 4) is 0 Å². The second-order valence-corrected chi connectivity index (χ2v) is 17.9. The molecule has 3 N–H and O–H groups in total. The zero-order chi connectivity index (χ0) is 53.1. The lowest BCUT2D eigenvalue weighted by Crippen LogP contribution is -2.46. The van der Waals surface area contributed by atoms with Crippen molar-refractivity contribution in [3.63, 3.8) is 0 Å². The van der Waals surface area contributed by atoms with Crippen LogP contribution in [0.1, 0.15) is 102 Å². The fourth-order valence-electron chi connectivity index (χ4n) is 6.54. The smallest absolute Gasteiger partial charge is 0.374 e. The topological polar surface area (TPSA) is 306 Å². The summed E-state index contributed by atoms with van der Waals surface area (Å²) in [5.41, 5.74) is 9.20. The van der Waals surface area contributed by atoms with Gasteiger partial charge in [0.15, 0.2) is 6.29 Å². The van der Waals surface area contributed by atoms with Gasteiger partial charge in [-0.15, -0.1) is 4.28 Å². The van der Waals surface area contributed by atoms with Crippen LogP contribution < -0.4 is 5.64 Å². The number of carbonyl (C=O) groups is 2. The molecule has 1 atom stereocenters. The summed E-state index contributed by atoms with van der Waals surface area (Å²) in [6.45, 7) is 7.99. The molecule has 0 fully saturated rings. The number of benzene rings is 3. The van der Waals surface area contributed by atoms with Crippen molar-refractivity contribution in [2.45, 2.75) is 67.4 Å². The molecular formula is C50H63N7O16SSi. The van der Waals surface area contributed by atoms with E-state index in [2.05, 4.69) is 39.3 Å². The molecule has 3 heterocycles. The standard InChI is InChI=1S/C22H31N3O5Si.C13H10N2O3.C13H11NO.2CH4.H3NO7S/c1-4-28-31(29-5-2,30-6-3)15-7-12-24-18-21-17-22(25(26)27)9-8-20(21)16-19-10-13-23-14-11-19;16-9-12-8-13(15(17)18)2-1-11(12)7-10-3-5-14-6-4-10;15-10-13-4-2-1-3-12(13)9-11-5-7-14-8-6-11;;;2-7-8-5-1-6-9(3)4/h8-11,13-14,17-18H,4-7,12,15-16H2,1-3H3;1-6,8-9H,7H2;1-8,10H,9H2;2*1H4;1-2H,(H,3,4). The van der Waals surface area contributed by atoms with Crippen LogP contribution in [-0.4, -0.2) is 92.8 Å². The van der Waals surface area contributed by atoms with Crippen molar-refractivity contribution in [2.75, 3.05) is 26.4 Å². The summed E-state index contributed by atoms with van der Waals surface area (Å²) in [7, 11) is -2.68. The van der Waals surface area contributed by atoms with E-state index in [9.17, 15) is 34.0 Å². The lowest BCUT2D eigenvalue weighted by molar-refractivity contribution is -0.647. The number of nitrogens with zero attached hydrogens (tertiary/aromatic N) is 6. The molecule has 0 aliphatic carbocycles. The van der Waals surface area contributed by atoms with Gasteiger partial charge < -0.3 is 13.3 Å². The van der Waals surface area contributed by atoms with Gasteiger partial charge in [0.25, 0.3) is 11.4 Å². The van der Waals surface area contributed by atoms with Crippen molar-refractivity contribution in [1.29, 1.82) is 0 Å². The molecule has 6 rings (SSSR count). The van der Waals surface area contributed by atoms with Crippen LogP contribution in [0.3, 0.4) is 0 Å². The van der Waals surface area contributed by atoms with E-state index in [0.29, 0.717) is 57.1 Å². The summed E-state index contributed by atoms with van der Waals surface area (Å²) in [5.74, 6) is 0. The van der Waals surface area contributed by atoms with Crippen molar-refractivity contribution in [3.05, 3.63) is 205 Å². The molecule has 0 spiro atoms. The molecule has 1 unspecified atom stereocenters. The van der Waals surface area contributed by atoms with Crippen LogP contribution in [0.4, 0.5) is 11.4 Å². The largest absolute Gasteiger partial charge is 0.500 e. The molecule has 0 aliphatic rings. The predicted molar refractivity (Wildman–Crippen MR) is 281 cm³/mol. The molecule has 25 heteroatoms. The Bertz CT molecular complexity index is 2610. The molecule has 6 aromatic rings. The number of aromatic nitrogens is 3. The van der Waals surface area contributed by atoms with Crippen LogP contribution >= 0.6 is 0 Å². The Morgan fingerprint density at radius 1 is 0.653 bits per heavy atom. The number of aliphatic imine (C=N–C) groups is 1. The van der Waals surface area contributed by atoms with Gasteiger partial charge in [0.05, 0.1) is 9.85 Å². The third kappa shape index (κ3) is 25.6. The van der Waals surface area contributed by atoms with E-state index in [0.717, 1.165) is 58.1 Å². The minimum Gasteiger partial charge on any atom is -0.374 e. The molecule has 23 nitrogen and oxygen atoms in total. The van der Waals surface area contributed by atoms with Gasteiger partial charge in [-0.1, -0.05) is 56.2 Å². The van der Waals surface area contributed by atoms with Gasteiger partial charge in [0.1, 0.15) is 6.29 Å². The van der Waals surface area contributed by atoms with E-state index < -0.39 is 25.1 Å². The van der Waals surface area contributed by atoms with Crippen LogP contribution in [0.25, 0.3) is 0 Å². The Labute approximate surface area is 438 Å². The van der Waals surface area contributed by atoms with E-state index in [1.807, 2.05) is 81.4 Å². The molecule has 404 valence electrons. The molecular weight excluding hydrogens is 1010 g/mol. The Hall–Kier alpha value is -7.11. The Balaban J connectivity index is 0.000000543. The third-order valence-corrected chi connectivity index (χ3v) is 13.1. The SMILES string of the molecule is C.C.CCO[Si](CCCN=Cc1cc([N+](=O)[O-])ccc1Cc1ccncc1)(OCC)OCC.O=Cc1cc([N+](=O)[O-])ccc1Cc1ccncc1.O=Cc1ccccc1Cc1ccncc1.O=S(O)ONOOOO. The highest BCUT2D eigenvalue weighted by molar-refractivity contribution is 7.74. The molecule has 3 aromatic carbocycles. The number of hydrogen-bond acceptors (Lipinski definition) is 20. The Morgan fingerprint density at radius 2 is 1.08 bits per heavy atom. The van der Waals surface area contributed by atoms with Crippen molar-refractivity contribution in [1.82, 2.24) is 20.6 Å². The fraction of sp³-hybridized carbons (Fsp3) is 0.280. The highest BCUT2D eigenvalue weighted by Crippen LogP contribution is 2.22. The van der Waals surface area contributed by atoms with Gasteiger partial charge in [-0.25, -0.2) is 5.26 Å². The van der Waals surface area contributed by atoms with Crippen LogP contribution in [0.5, 0.6) is 0 Å². The highest BCUT2D eigenvalue weighted by atomic mass is 32.2. The average Bonchev–Trinajstić information content (AvgIpc) is 3.40. The number of carbonyl (C=O) groups excluding carboxylic acids is 2. The lowest BCUT2D eigenvalue weighted by Gasteiger charge is -2.28. The summed E-state index contributed by atoms with van der Waals surface area (Å²) in [4.78, 5) is 62.6. The second-order valence-electron chi connectivity index (χ2n) is 14.5. The first-order valence-corrected chi connectivity index (χ1v) is 25.2. The van der Waals surface area contributed by atoms with Gasteiger partial charge in [0, 0.05) is 117 Å². The lowest BCUT2D eigenvalue weighted by atomic mass is 10.0. The predicted octanol–water partition coefficient (Wildman–Crippen LogP) is 9.50. The minimum atomic E-state index is -2.68. The zero-order valence-electron chi connectivity index (χ0n) is 40.0. The number of non-ortho nitro benzene ring substituents is 2. The van der Waals surface area contributed by atoms with Gasteiger partial charge in [-0.2, -0.15) is 4.21 Å². The molecule has 3 aromatic heterocycles. The molecule has 0 amide bonds. The summed E-state index contributed by atoms with van der Waals surface area (Å²) < 4.78 is 38.5. The van der Waals surface area contributed by atoms with Crippen molar-refractivity contribution in [2.24, 2.45) is 4.99 Å². The molecule has 0 radical (unpaired) electrons. The normalized spacial score (nSPS) is 10.9. The van der Waals surface area contributed by atoms with Crippen LogP contribution in [0.2, 0.25) is 6.04 Å². The first kappa shape index (κ1) is 65.9. The average molecular weight is 1080 g/mol. The van der Waals surface area contributed by atoms with Crippen molar-refractivity contribution < 1.29 is 66.1 Å². The summed E-state index contributed by atoms with van der Waals surface area (Å²) >= 11 is -2.52. The van der Waals surface area contributed by atoms with Gasteiger partial charge in [-0.3, -0.25) is 54.3 Å². The maximum Gasteiger partial charge on any atom is 0.500 e. The van der Waals surface area contributed by atoms with Gasteiger partial charge >= 0.3 is 20.2 Å². The summed E-state index contributed by atoms with van der Waals surface area (Å²) in [5, 5.41) is 35.3. The van der Waals surface area contributed by atoms with Gasteiger partial charge in [0.2, 0.25) is 0 Å². The number of hydrogen-bond donors (Lipinski definition) is 3. The van der Waals surface area contributed by atoms with E-state index >= 15 is 0 Å². The first-order valence-electron chi connectivity index (χ1n) is 22.2. The molecule has 0 saturated heterocycles. The summed E-state index contributed by atoms with van der Waals surface area (Å²) in [6, 6.07) is 29.0.